The van der Waals surface area contributed by atoms with Gasteiger partial charge in [0.2, 0.25) is 5.91 Å². The first-order valence-electron chi connectivity index (χ1n) is 6.14. The van der Waals surface area contributed by atoms with Gasteiger partial charge in [-0.05, 0) is 26.3 Å². The molecule has 1 heterocycles. The van der Waals surface area contributed by atoms with Crippen molar-refractivity contribution in [2.45, 2.75) is 26.3 Å². The number of hydrogen-bond acceptors (Lipinski definition) is 4. The topological polar surface area (TPSA) is 98.2 Å². The van der Waals surface area contributed by atoms with Crippen LogP contribution in [0.4, 0.5) is 5.69 Å². The molecule has 2 amide bonds. The van der Waals surface area contributed by atoms with Crippen LogP contribution in [0.2, 0.25) is 0 Å². The summed E-state index contributed by atoms with van der Waals surface area (Å²) in [5.41, 5.74) is 11.7. The molecule has 106 valence electrons. The van der Waals surface area contributed by atoms with Gasteiger partial charge in [-0.1, -0.05) is 18.2 Å². The number of nitrogen functional groups attached to an aromatic ring is 1. The van der Waals surface area contributed by atoms with E-state index in [0.29, 0.717) is 10.6 Å². The monoisotopic (exact) mass is 291 g/mol. The first kappa shape index (κ1) is 14.3. The number of amides is 2. The molecule has 5 N–H and O–H groups in total. The van der Waals surface area contributed by atoms with Crippen LogP contribution in [-0.4, -0.2) is 17.4 Å². The second-order valence-corrected chi connectivity index (χ2v) is 6.26. The molecule has 6 heteroatoms. The highest BCUT2D eigenvalue weighted by Crippen LogP contribution is 2.35. The Morgan fingerprint density at radius 1 is 1.30 bits per heavy atom. The van der Waals surface area contributed by atoms with Crippen LogP contribution in [0.5, 0.6) is 0 Å². The lowest BCUT2D eigenvalue weighted by atomic mass is 10.0. The Balaban J connectivity index is 2.44. The molecule has 0 aliphatic carbocycles. The van der Waals surface area contributed by atoms with E-state index in [2.05, 4.69) is 5.32 Å². The van der Waals surface area contributed by atoms with Crippen LogP contribution >= 0.6 is 11.3 Å². The number of carbonyl (C=O) groups is 2. The van der Waals surface area contributed by atoms with Gasteiger partial charge in [0.25, 0.3) is 5.91 Å². The van der Waals surface area contributed by atoms with Gasteiger partial charge in [-0.25, -0.2) is 0 Å². The minimum absolute atomic E-state index is 0.382. The minimum Gasteiger partial charge on any atom is -0.397 e. The molecule has 0 atom stereocenters. The third-order valence-corrected chi connectivity index (χ3v) is 4.55. The predicted octanol–water partition coefficient (Wildman–Crippen LogP) is 1.79. The highest BCUT2D eigenvalue weighted by Gasteiger charge is 2.29. The smallest absolute Gasteiger partial charge is 0.264 e. The van der Waals surface area contributed by atoms with Crippen LogP contribution in [0.15, 0.2) is 18.2 Å². The summed E-state index contributed by atoms with van der Waals surface area (Å²) in [6.45, 7) is 5.08. The molecule has 0 radical (unpaired) electrons. The molecule has 2 rings (SSSR count). The number of rotatable bonds is 3. The predicted molar refractivity (Wildman–Crippen MR) is 81.7 cm³/mol. The second kappa shape index (κ2) is 4.79. The lowest BCUT2D eigenvalue weighted by molar-refractivity contribution is -0.122. The first-order valence-corrected chi connectivity index (χ1v) is 6.95. The molecule has 0 aliphatic heterocycles. The van der Waals surface area contributed by atoms with Gasteiger partial charge in [0, 0.05) is 10.1 Å². The van der Waals surface area contributed by atoms with Crippen molar-refractivity contribution in [1.29, 1.82) is 0 Å². The van der Waals surface area contributed by atoms with Crippen LogP contribution in [0.3, 0.4) is 0 Å². The third kappa shape index (κ3) is 2.34. The zero-order chi connectivity index (χ0) is 15.1. The molecule has 5 nitrogen and oxygen atoms in total. The number of carbonyl (C=O) groups excluding carboxylic acids is 2. The minimum atomic E-state index is -1.12. The van der Waals surface area contributed by atoms with E-state index in [1.54, 1.807) is 13.8 Å². The van der Waals surface area contributed by atoms with E-state index in [0.717, 1.165) is 15.6 Å². The van der Waals surface area contributed by atoms with Crippen LogP contribution in [-0.2, 0) is 4.79 Å². The van der Waals surface area contributed by atoms with Crippen molar-refractivity contribution in [3.05, 3.63) is 28.6 Å². The molecular weight excluding hydrogens is 274 g/mol. The van der Waals surface area contributed by atoms with E-state index >= 15 is 0 Å². The molecule has 0 unspecified atom stereocenters. The van der Waals surface area contributed by atoms with E-state index in [-0.39, 0.29) is 5.91 Å². The first-order chi connectivity index (χ1) is 9.24. The van der Waals surface area contributed by atoms with E-state index in [9.17, 15) is 9.59 Å². The Bertz CT molecular complexity index is 704. The van der Waals surface area contributed by atoms with Crippen molar-refractivity contribution in [2.24, 2.45) is 5.73 Å². The van der Waals surface area contributed by atoms with Crippen molar-refractivity contribution < 1.29 is 9.59 Å². The summed E-state index contributed by atoms with van der Waals surface area (Å²) in [5, 5.41) is 3.47. The molecule has 0 saturated heterocycles. The zero-order valence-corrected chi connectivity index (χ0v) is 12.4. The molecule has 0 fully saturated rings. The summed E-state index contributed by atoms with van der Waals surface area (Å²) in [6, 6.07) is 5.74. The van der Waals surface area contributed by atoms with Gasteiger partial charge >= 0.3 is 0 Å². The fraction of sp³-hybridized carbons (Fsp3) is 0.286. The molecule has 1 aromatic carbocycles. The van der Waals surface area contributed by atoms with Gasteiger partial charge in [0.05, 0.1) is 5.69 Å². The van der Waals surface area contributed by atoms with Crippen molar-refractivity contribution in [3.8, 4) is 0 Å². The van der Waals surface area contributed by atoms with Gasteiger partial charge in [-0.15, -0.1) is 11.3 Å². The van der Waals surface area contributed by atoms with E-state index < -0.39 is 11.4 Å². The molecule has 0 spiro atoms. The number of benzene rings is 1. The van der Waals surface area contributed by atoms with Crippen molar-refractivity contribution in [2.75, 3.05) is 5.73 Å². The molecule has 0 aliphatic rings. The van der Waals surface area contributed by atoms with E-state index in [1.807, 2.05) is 25.1 Å². The maximum Gasteiger partial charge on any atom is 0.264 e. The molecular formula is C14H17N3O2S. The molecule has 20 heavy (non-hydrogen) atoms. The van der Waals surface area contributed by atoms with Crippen LogP contribution in [0, 0.1) is 6.92 Å². The summed E-state index contributed by atoms with van der Waals surface area (Å²) in [6.07, 6.45) is 0. The lowest BCUT2D eigenvalue weighted by Crippen LogP contribution is -2.52. The average Bonchev–Trinajstić information content (AvgIpc) is 2.68. The summed E-state index contributed by atoms with van der Waals surface area (Å²) in [7, 11) is 0. The summed E-state index contributed by atoms with van der Waals surface area (Å²) < 4.78 is 0.979. The van der Waals surface area contributed by atoms with Crippen LogP contribution in [0.1, 0.15) is 29.1 Å². The van der Waals surface area contributed by atoms with Gasteiger partial charge in [0.15, 0.2) is 0 Å². The summed E-state index contributed by atoms with van der Waals surface area (Å²) in [4.78, 5) is 24.0. The highest BCUT2D eigenvalue weighted by molar-refractivity contribution is 7.21. The number of anilines is 1. The number of nitrogens with one attached hydrogen (secondary N) is 1. The van der Waals surface area contributed by atoms with Crippen molar-refractivity contribution in [1.82, 2.24) is 5.32 Å². The van der Waals surface area contributed by atoms with Gasteiger partial charge in [-0.3, -0.25) is 9.59 Å². The SMILES string of the molecule is Cc1cccc2c(N)c(C(=O)NC(C)(C)C(N)=O)sc12. The van der Waals surface area contributed by atoms with Gasteiger partial charge < -0.3 is 16.8 Å². The third-order valence-electron chi connectivity index (χ3n) is 3.20. The van der Waals surface area contributed by atoms with Gasteiger partial charge in [-0.2, -0.15) is 0 Å². The molecule has 2 aromatic rings. The Labute approximate surface area is 120 Å². The lowest BCUT2D eigenvalue weighted by Gasteiger charge is -2.21. The Kier molecular flexibility index (Phi) is 3.43. The number of fused-ring (bicyclic) bond motifs is 1. The maximum atomic E-state index is 12.3. The Hall–Kier alpha value is -2.08. The molecule has 0 bridgehead atoms. The largest absolute Gasteiger partial charge is 0.397 e. The van der Waals surface area contributed by atoms with Crippen LogP contribution in [0.25, 0.3) is 10.1 Å². The van der Waals surface area contributed by atoms with Crippen molar-refractivity contribution >= 4 is 38.9 Å². The quantitative estimate of drug-likeness (QED) is 0.804. The number of hydrogen-bond donors (Lipinski definition) is 3. The summed E-state index contributed by atoms with van der Waals surface area (Å²) >= 11 is 1.32. The highest BCUT2D eigenvalue weighted by atomic mass is 32.1. The fourth-order valence-corrected chi connectivity index (χ4v) is 2.93. The Morgan fingerprint density at radius 3 is 2.50 bits per heavy atom. The maximum absolute atomic E-state index is 12.3. The Morgan fingerprint density at radius 2 is 1.95 bits per heavy atom. The van der Waals surface area contributed by atoms with E-state index in [4.69, 9.17) is 11.5 Å². The molecule has 0 saturated carbocycles. The van der Waals surface area contributed by atoms with Gasteiger partial charge in [0.1, 0.15) is 10.4 Å². The molecule has 1 aromatic heterocycles. The fourth-order valence-electron chi connectivity index (χ4n) is 1.85. The standard InChI is InChI=1S/C14H17N3O2S/c1-7-5-4-6-8-9(15)11(20-10(7)8)12(18)17-14(2,3)13(16)19/h4-6H,15H2,1-3H3,(H2,16,19)(H,17,18). The normalized spacial score (nSPS) is 11.6. The average molecular weight is 291 g/mol. The van der Waals surface area contributed by atoms with Crippen LogP contribution < -0.4 is 16.8 Å². The second-order valence-electron chi connectivity index (χ2n) is 5.24. The number of thiophene rings is 1. The van der Waals surface area contributed by atoms with E-state index in [1.165, 1.54) is 11.3 Å². The number of nitrogens with two attached hydrogens (primary N) is 2. The summed E-state index contributed by atoms with van der Waals surface area (Å²) in [5.74, 6) is -0.978. The van der Waals surface area contributed by atoms with Crippen molar-refractivity contribution in [3.63, 3.8) is 0 Å². The number of primary amides is 1. The zero-order valence-electron chi connectivity index (χ0n) is 11.6. The number of aryl methyl sites for hydroxylation is 1.